The van der Waals surface area contributed by atoms with Crippen molar-refractivity contribution in [2.75, 3.05) is 7.11 Å². The summed E-state index contributed by atoms with van der Waals surface area (Å²) in [5.41, 5.74) is 3.33. The van der Waals surface area contributed by atoms with Gasteiger partial charge in [0.05, 0.1) is 7.11 Å². The van der Waals surface area contributed by atoms with Crippen LogP contribution in [0.3, 0.4) is 0 Å². The van der Waals surface area contributed by atoms with Gasteiger partial charge < -0.3 is 10.1 Å². The second-order valence-electron chi connectivity index (χ2n) is 4.65. The van der Waals surface area contributed by atoms with Crippen LogP contribution in [0.2, 0.25) is 0 Å². The molecule has 3 heteroatoms. The van der Waals surface area contributed by atoms with Crippen molar-refractivity contribution in [2.45, 2.75) is 46.6 Å². The van der Waals surface area contributed by atoms with Crippen molar-refractivity contribution < 1.29 is 9.53 Å². The van der Waals surface area contributed by atoms with E-state index < -0.39 is 0 Å². The maximum Gasteiger partial charge on any atom is 0.220 e. The molecule has 18 heavy (non-hydrogen) atoms. The Kier molecular flexibility index (Phi) is 5.69. The quantitative estimate of drug-likeness (QED) is 0.841. The minimum Gasteiger partial charge on any atom is -0.496 e. The van der Waals surface area contributed by atoms with Crippen LogP contribution in [0.15, 0.2) is 12.1 Å². The Bertz CT molecular complexity index is 413. The largest absolute Gasteiger partial charge is 0.496 e. The third-order valence-electron chi connectivity index (χ3n) is 2.93. The summed E-state index contributed by atoms with van der Waals surface area (Å²) in [7, 11) is 1.67. The molecule has 1 aromatic rings. The molecule has 0 bridgehead atoms. The highest BCUT2D eigenvalue weighted by Gasteiger charge is 2.08. The predicted octanol–water partition coefficient (Wildman–Crippen LogP) is 3.12. The molecule has 0 spiro atoms. The van der Waals surface area contributed by atoms with Crippen LogP contribution in [0, 0.1) is 13.8 Å². The molecule has 1 amide bonds. The maximum atomic E-state index is 11.6. The third kappa shape index (κ3) is 4.06. The molecule has 0 saturated carbocycles. The lowest BCUT2D eigenvalue weighted by atomic mass is 10.1. The Balaban J connectivity index is 2.69. The summed E-state index contributed by atoms with van der Waals surface area (Å²) >= 11 is 0. The molecule has 1 N–H and O–H groups in total. The summed E-state index contributed by atoms with van der Waals surface area (Å²) in [4.78, 5) is 11.6. The molecule has 1 rings (SSSR count). The standard InChI is InChI=1S/C15H23NO2/c1-5-6-7-14(17)16-10-13-9-11(2)8-12(3)15(13)18-4/h8-9H,5-7,10H2,1-4H3,(H,16,17). The number of carbonyl (C=O) groups excluding carboxylic acids is 1. The minimum atomic E-state index is 0.109. The Morgan fingerprint density at radius 2 is 2.06 bits per heavy atom. The predicted molar refractivity (Wildman–Crippen MR) is 73.8 cm³/mol. The Morgan fingerprint density at radius 1 is 1.33 bits per heavy atom. The van der Waals surface area contributed by atoms with Crippen molar-refractivity contribution in [1.29, 1.82) is 0 Å². The van der Waals surface area contributed by atoms with Crippen LogP contribution in [0.25, 0.3) is 0 Å². The van der Waals surface area contributed by atoms with Crippen molar-refractivity contribution in [3.05, 3.63) is 28.8 Å². The second kappa shape index (κ2) is 7.04. The normalized spacial score (nSPS) is 10.2. The Hall–Kier alpha value is -1.51. The highest BCUT2D eigenvalue weighted by molar-refractivity contribution is 5.75. The summed E-state index contributed by atoms with van der Waals surface area (Å²) in [5, 5.41) is 2.94. The molecule has 0 unspecified atom stereocenters. The molecule has 0 aromatic heterocycles. The zero-order chi connectivity index (χ0) is 13.5. The van der Waals surface area contributed by atoms with Gasteiger partial charge in [-0.25, -0.2) is 0 Å². The molecule has 0 atom stereocenters. The average Bonchev–Trinajstić information content (AvgIpc) is 2.33. The first kappa shape index (κ1) is 14.6. The zero-order valence-electron chi connectivity index (χ0n) is 11.8. The molecule has 0 heterocycles. The lowest BCUT2D eigenvalue weighted by Gasteiger charge is -2.13. The number of benzene rings is 1. The van der Waals surface area contributed by atoms with Gasteiger partial charge in [-0.15, -0.1) is 0 Å². The molecule has 0 saturated heterocycles. The van der Waals surface area contributed by atoms with Gasteiger partial charge in [0.2, 0.25) is 5.91 Å². The van der Waals surface area contributed by atoms with E-state index in [1.807, 2.05) is 6.92 Å². The van der Waals surface area contributed by atoms with Crippen molar-refractivity contribution in [3.63, 3.8) is 0 Å². The lowest BCUT2D eigenvalue weighted by molar-refractivity contribution is -0.121. The van der Waals surface area contributed by atoms with Crippen molar-refractivity contribution in [3.8, 4) is 5.75 Å². The lowest BCUT2D eigenvalue weighted by Crippen LogP contribution is -2.22. The molecule has 0 fully saturated rings. The highest BCUT2D eigenvalue weighted by atomic mass is 16.5. The number of rotatable bonds is 6. The van der Waals surface area contributed by atoms with Gasteiger partial charge >= 0.3 is 0 Å². The van der Waals surface area contributed by atoms with Crippen molar-refractivity contribution in [2.24, 2.45) is 0 Å². The van der Waals surface area contributed by atoms with E-state index >= 15 is 0 Å². The van der Waals surface area contributed by atoms with Crippen LogP contribution in [0.1, 0.15) is 42.9 Å². The molecule has 0 aliphatic rings. The number of hydrogen-bond donors (Lipinski definition) is 1. The van der Waals surface area contributed by atoms with Gasteiger partial charge in [-0.05, 0) is 25.8 Å². The fraction of sp³-hybridized carbons (Fsp3) is 0.533. The molecular formula is C15H23NO2. The minimum absolute atomic E-state index is 0.109. The third-order valence-corrected chi connectivity index (χ3v) is 2.93. The van der Waals surface area contributed by atoms with E-state index in [1.165, 1.54) is 5.56 Å². The number of methoxy groups -OCH3 is 1. The molecule has 1 aromatic carbocycles. The summed E-state index contributed by atoms with van der Waals surface area (Å²) < 4.78 is 5.39. The SMILES string of the molecule is CCCCC(=O)NCc1cc(C)cc(C)c1OC. The van der Waals surface area contributed by atoms with Crippen LogP contribution in [0.5, 0.6) is 5.75 Å². The van der Waals surface area contributed by atoms with Crippen LogP contribution in [0.4, 0.5) is 0 Å². The van der Waals surface area contributed by atoms with E-state index in [0.717, 1.165) is 29.7 Å². The summed E-state index contributed by atoms with van der Waals surface area (Å²) in [6, 6.07) is 4.15. The summed E-state index contributed by atoms with van der Waals surface area (Å²) in [6.07, 6.45) is 2.58. The van der Waals surface area contributed by atoms with Crippen LogP contribution >= 0.6 is 0 Å². The Morgan fingerprint density at radius 3 is 2.67 bits per heavy atom. The fourth-order valence-electron chi connectivity index (χ4n) is 2.09. The summed E-state index contributed by atoms with van der Waals surface area (Å²) in [6.45, 7) is 6.69. The number of ether oxygens (including phenoxy) is 1. The van der Waals surface area contributed by atoms with Gasteiger partial charge in [-0.3, -0.25) is 4.79 Å². The van der Waals surface area contributed by atoms with E-state index in [2.05, 4.69) is 31.3 Å². The van der Waals surface area contributed by atoms with E-state index in [-0.39, 0.29) is 5.91 Å². The van der Waals surface area contributed by atoms with E-state index in [0.29, 0.717) is 13.0 Å². The molecule has 0 radical (unpaired) electrons. The van der Waals surface area contributed by atoms with Gasteiger partial charge in [-0.1, -0.05) is 31.0 Å². The van der Waals surface area contributed by atoms with Gasteiger partial charge in [0.25, 0.3) is 0 Å². The average molecular weight is 249 g/mol. The number of aryl methyl sites for hydroxylation is 2. The molecular weight excluding hydrogens is 226 g/mol. The van der Waals surface area contributed by atoms with Gasteiger partial charge in [-0.2, -0.15) is 0 Å². The van der Waals surface area contributed by atoms with E-state index in [9.17, 15) is 4.79 Å². The van der Waals surface area contributed by atoms with Gasteiger partial charge in [0, 0.05) is 18.5 Å². The number of hydrogen-bond acceptors (Lipinski definition) is 2. The van der Waals surface area contributed by atoms with Crippen LogP contribution < -0.4 is 10.1 Å². The second-order valence-corrected chi connectivity index (χ2v) is 4.65. The topological polar surface area (TPSA) is 38.3 Å². The smallest absolute Gasteiger partial charge is 0.220 e. The van der Waals surface area contributed by atoms with Gasteiger partial charge in [0.15, 0.2) is 0 Å². The fourth-order valence-corrected chi connectivity index (χ4v) is 2.09. The van der Waals surface area contributed by atoms with E-state index in [4.69, 9.17) is 4.74 Å². The number of amides is 1. The molecule has 100 valence electrons. The van der Waals surface area contributed by atoms with Crippen molar-refractivity contribution in [1.82, 2.24) is 5.32 Å². The van der Waals surface area contributed by atoms with Crippen LogP contribution in [-0.2, 0) is 11.3 Å². The first-order chi connectivity index (χ1) is 8.58. The molecule has 0 aliphatic carbocycles. The van der Waals surface area contributed by atoms with Gasteiger partial charge in [0.1, 0.15) is 5.75 Å². The molecule has 3 nitrogen and oxygen atoms in total. The number of carbonyl (C=O) groups is 1. The monoisotopic (exact) mass is 249 g/mol. The zero-order valence-corrected chi connectivity index (χ0v) is 11.8. The highest BCUT2D eigenvalue weighted by Crippen LogP contribution is 2.24. The number of unbranched alkanes of at least 4 members (excludes halogenated alkanes) is 1. The summed E-state index contributed by atoms with van der Waals surface area (Å²) in [5.74, 6) is 0.981. The van der Waals surface area contributed by atoms with Crippen LogP contribution in [-0.4, -0.2) is 13.0 Å². The first-order valence-corrected chi connectivity index (χ1v) is 6.49. The molecule has 0 aliphatic heterocycles. The first-order valence-electron chi connectivity index (χ1n) is 6.49. The van der Waals surface area contributed by atoms with Crippen molar-refractivity contribution >= 4 is 5.91 Å². The van der Waals surface area contributed by atoms with E-state index in [1.54, 1.807) is 7.11 Å². The maximum absolute atomic E-state index is 11.6. The Labute approximate surface area is 110 Å². The number of nitrogens with one attached hydrogen (secondary N) is 1.